The smallest absolute Gasteiger partial charge is 0.243 e. The lowest BCUT2D eigenvalue weighted by Crippen LogP contribution is -2.32. The molecule has 19 heavy (non-hydrogen) atoms. The molecule has 0 amide bonds. The van der Waals surface area contributed by atoms with Gasteiger partial charge in [-0.25, -0.2) is 14.1 Å². The highest BCUT2D eigenvalue weighted by Gasteiger charge is 2.23. The highest BCUT2D eigenvalue weighted by Crippen LogP contribution is 2.30. The Bertz CT molecular complexity index is 716. The van der Waals surface area contributed by atoms with Crippen molar-refractivity contribution in [1.29, 1.82) is 5.41 Å². The van der Waals surface area contributed by atoms with E-state index in [9.17, 15) is 4.39 Å². The molecule has 3 rings (SSSR count). The van der Waals surface area contributed by atoms with Gasteiger partial charge in [0.1, 0.15) is 29.1 Å². The molecule has 1 aromatic carbocycles. The zero-order valence-corrected chi connectivity index (χ0v) is 10.8. The fourth-order valence-electron chi connectivity index (χ4n) is 2.10. The van der Waals surface area contributed by atoms with Crippen LogP contribution in [-0.4, -0.2) is 28.8 Å². The lowest BCUT2D eigenvalue weighted by molar-refractivity contribution is 0.415. The predicted octanol–water partition coefficient (Wildman–Crippen LogP) is 1.20. The minimum atomic E-state index is -0.428. The van der Waals surface area contributed by atoms with Gasteiger partial charge in [-0.05, 0) is 6.07 Å². The van der Waals surface area contributed by atoms with Crippen molar-refractivity contribution in [2.45, 2.75) is 6.17 Å². The van der Waals surface area contributed by atoms with Gasteiger partial charge >= 0.3 is 0 Å². The molecule has 1 aliphatic heterocycles. The van der Waals surface area contributed by atoms with Crippen molar-refractivity contribution in [2.75, 3.05) is 23.7 Å². The zero-order chi connectivity index (χ0) is 13.6. The monoisotopic (exact) mass is 283 g/mol. The topological polar surface area (TPSA) is 75.0 Å². The molecule has 1 aliphatic rings. The number of ether oxygens (including phenoxy) is 1. The Labute approximate surface area is 112 Å². The van der Waals surface area contributed by atoms with Gasteiger partial charge in [0.2, 0.25) is 5.62 Å². The van der Waals surface area contributed by atoms with Gasteiger partial charge in [0.15, 0.2) is 0 Å². The van der Waals surface area contributed by atoms with E-state index in [2.05, 4.69) is 15.7 Å². The first-order chi connectivity index (χ1) is 9.13. The molecule has 8 heteroatoms. The SMILES string of the molecule is COc1cc(F)cc2c3n(c(=N)nc12)NC(CCl)N3. The number of anilines is 1. The molecule has 3 N–H and O–H groups in total. The Kier molecular flexibility index (Phi) is 2.70. The van der Waals surface area contributed by atoms with E-state index in [0.29, 0.717) is 28.4 Å². The zero-order valence-electron chi connectivity index (χ0n) is 10.00. The first-order valence-electron chi connectivity index (χ1n) is 5.58. The molecule has 0 spiro atoms. The average Bonchev–Trinajstić information content (AvgIpc) is 2.84. The summed E-state index contributed by atoms with van der Waals surface area (Å²) in [6.07, 6.45) is -0.229. The van der Waals surface area contributed by atoms with Crippen LogP contribution >= 0.6 is 11.6 Å². The van der Waals surface area contributed by atoms with E-state index in [0.717, 1.165) is 0 Å². The van der Waals surface area contributed by atoms with Gasteiger partial charge in [-0.3, -0.25) is 10.8 Å². The van der Waals surface area contributed by atoms with E-state index in [1.807, 2.05) is 0 Å². The van der Waals surface area contributed by atoms with Crippen molar-refractivity contribution < 1.29 is 9.13 Å². The largest absolute Gasteiger partial charge is 0.494 e. The number of methoxy groups -OCH3 is 1. The maximum absolute atomic E-state index is 13.6. The van der Waals surface area contributed by atoms with Gasteiger partial charge < -0.3 is 10.1 Å². The number of hydrogen-bond donors (Lipinski definition) is 3. The summed E-state index contributed by atoms with van der Waals surface area (Å²) in [6.45, 7) is 0. The molecule has 0 saturated carbocycles. The number of benzene rings is 1. The van der Waals surface area contributed by atoms with Crippen LogP contribution in [0.4, 0.5) is 10.2 Å². The Morgan fingerprint density at radius 1 is 1.58 bits per heavy atom. The van der Waals surface area contributed by atoms with Crippen LogP contribution in [0.15, 0.2) is 12.1 Å². The van der Waals surface area contributed by atoms with Crippen molar-refractivity contribution in [1.82, 2.24) is 9.66 Å². The second kappa shape index (κ2) is 4.27. The van der Waals surface area contributed by atoms with Crippen LogP contribution in [0, 0.1) is 11.2 Å². The molecular weight excluding hydrogens is 273 g/mol. The molecule has 0 fully saturated rings. The Hall–Kier alpha value is -2.02. The molecular formula is C11H11ClFN5O. The minimum absolute atomic E-state index is 0.00692. The van der Waals surface area contributed by atoms with Gasteiger partial charge in [-0.1, -0.05) is 0 Å². The molecule has 0 aliphatic carbocycles. The van der Waals surface area contributed by atoms with Crippen LogP contribution in [0.3, 0.4) is 0 Å². The number of halogens is 2. The van der Waals surface area contributed by atoms with Gasteiger partial charge in [-0.2, -0.15) is 0 Å². The summed E-state index contributed by atoms with van der Waals surface area (Å²) in [6, 6.07) is 2.59. The molecule has 0 bridgehead atoms. The second-order valence-corrected chi connectivity index (χ2v) is 4.41. The van der Waals surface area contributed by atoms with Crippen LogP contribution in [-0.2, 0) is 0 Å². The summed E-state index contributed by atoms with van der Waals surface area (Å²) in [5.41, 5.74) is 3.39. The molecule has 2 aromatic rings. The molecule has 2 heterocycles. The normalized spacial score (nSPS) is 16.9. The van der Waals surface area contributed by atoms with Gasteiger partial charge in [0.25, 0.3) is 0 Å². The molecule has 0 saturated heterocycles. The van der Waals surface area contributed by atoms with E-state index >= 15 is 0 Å². The fraction of sp³-hybridized carbons (Fsp3) is 0.273. The maximum Gasteiger partial charge on any atom is 0.243 e. The van der Waals surface area contributed by atoms with E-state index < -0.39 is 5.82 Å². The van der Waals surface area contributed by atoms with Crippen molar-refractivity contribution in [3.8, 4) is 5.75 Å². The van der Waals surface area contributed by atoms with Crippen LogP contribution in [0.2, 0.25) is 0 Å². The van der Waals surface area contributed by atoms with Crippen LogP contribution in [0.25, 0.3) is 10.9 Å². The number of fused-ring (bicyclic) bond motifs is 3. The van der Waals surface area contributed by atoms with E-state index in [1.54, 1.807) is 0 Å². The lowest BCUT2D eigenvalue weighted by Gasteiger charge is -2.09. The van der Waals surface area contributed by atoms with E-state index in [4.69, 9.17) is 21.7 Å². The highest BCUT2D eigenvalue weighted by atomic mass is 35.5. The van der Waals surface area contributed by atoms with E-state index in [1.165, 1.54) is 23.9 Å². The molecule has 1 aromatic heterocycles. The maximum atomic E-state index is 13.6. The number of aromatic nitrogens is 2. The van der Waals surface area contributed by atoms with Crippen molar-refractivity contribution in [2.24, 2.45) is 0 Å². The van der Waals surface area contributed by atoms with Gasteiger partial charge in [-0.15, -0.1) is 11.6 Å². The summed E-state index contributed by atoms with van der Waals surface area (Å²) in [5.74, 6) is 0.721. The Morgan fingerprint density at radius 2 is 2.37 bits per heavy atom. The van der Waals surface area contributed by atoms with Crippen molar-refractivity contribution >= 4 is 28.3 Å². The summed E-state index contributed by atoms with van der Waals surface area (Å²) in [7, 11) is 1.44. The fourth-order valence-corrected chi connectivity index (χ4v) is 2.25. The lowest BCUT2D eigenvalue weighted by atomic mass is 10.2. The standard InChI is InChI=1S/C11H11ClFN5O/c1-19-7-3-5(13)2-6-9(7)16-11(14)18-10(6)15-8(4-12)17-18/h2-3,8,14-15,17H,4H2,1H3. The molecule has 6 nitrogen and oxygen atoms in total. The van der Waals surface area contributed by atoms with Crippen LogP contribution < -0.4 is 21.1 Å². The quantitative estimate of drug-likeness (QED) is 0.724. The van der Waals surface area contributed by atoms with Gasteiger partial charge in [0, 0.05) is 11.5 Å². The second-order valence-electron chi connectivity index (χ2n) is 4.10. The number of hydrogen-bond acceptors (Lipinski definition) is 5. The summed E-state index contributed by atoms with van der Waals surface area (Å²) >= 11 is 5.77. The highest BCUT2D eigenvalue weighted by molar-refractivity contribution is 6.18. The van der Waals surface area contributed by atoms with E-state index in [-0.39, 0.29) is 11.8 Å². The average molecular weight is 284 g/mol. The molecule has 1 atom stereocenters. The van der Waals surface area contributed by atoms with Crippen molar-refractivity contribution in [3.63, 3.8) is 0 Å². The number of alkyl halides is 1. The van der Waals surface area contributed by atoms with Crippen LogP contribution in [0.5, 0.6) is 5.75 Å². The van der Waals surface area contributed by atoms with Crippen LogP contribution in [0.1, 0.15) is 0 Å². The Morgan fingerprint density at radius 3 is 3.05 bits per heavy atom. The number of nitrogens with one attached hydrogen (secondary N) is 3. The Balaban J connectivity index is 2.35. The summed E-state index contributed by atoms with van der Waals surface area (Å²) < 4.78 is 20.1. The van der Waals surface area contributed by atoms with Gasteiger partial charge in [0.05, 0.1) is 13.0 Å². The third-order valence-electron chi connectivity index (χ3n) is 2.92. The molecule has 0 radical (unpaired) electrons. The minimum Gasteiger partial charge on any atom is -0.494 e. The first-order valence-corrected chi connectivity index (χ1v) is 6.11. The molecule has 100 valence electrons. The summed E-state index contributed by atoms with van der Waals surface area (Å²) in [4.78, 5) is 4.12. The summed E-state index contributed by atoms with van der Waals surface area (Å²) in [5, 5.41) is 11.5. The first kappa shape index (κ1) is 12.0. The third-order valence-corrected chi connectivity index (χ3v) is 3.23. The predicted molar refractivity (Wildman–Crippen MR) is 69.6 cm³/mol. The van der Waals surface area contributed by atoms with Crippen molar-refractivity contribution in [3.05, 3.63) is 23.6 Å². The molecule has 1 unspecified atom stereocenters. The number of nitrogens with zero attached hydrogens (tertiary/aromatic N) is 2. The third kappa shape index (κ3) is 1.77. The number of rotatable bonds is 2.